The van der Waals surface area contributed by atoms with Gasteiger partial charge in [0.1, 0.15) is 11.8 Å². The molecule has 2 fully saturated rings. The molecule has 1 saturated heterocycles. The number of carboxylic acid groups (broad SMARTS) is 1. The topological polar surface area (TPSA) is 109 Å². The summed E-state index contributed by atoms with van der Waals surface area (Å²) < 4.78 is 36.9. The largest absolute Gasteiger partial charge is 0.497 e. The number of rotatable bonds is 5. The fourth-order valence-corrected chi connectivity index (χ4v) is 5.01. The summed E-state index contributed by atoms with van der Waals surface area (Å²) in [4.78, 5) is 41.2. The van der Waals surface area contributed by atoms with Crippen molar-refractivity contribution in [1.82, 2.24) is 9.88 Å². The number of carbonyl (C=O) groups excluding carboxylic acids is 2. The van der Waals surface area contributed by atoms with Crippen molar-refractivity contribution in [2.75, 3.05) is 19.0 Å². The number of alkyl halides is 3. The van der Waals surface area contributed by atoms with Crippen molar-refractivity contribution < 1.29 is 37.4 Å². The smallest absolute Gasteiger partial charge is 0.490 e. The van der Waals surface area contributed by atoms with Crippen LogP contribution in [0.3, 0.4) is 0 Å². The Morgan fingerprint density at radius 2 is 1.69 bits per heavy atom. The number of ether oxygens (including phenoxy) is 1. The summed E-state index contributed by atoms with van der Waals surface area (Å²) in [6.45, 7) is 0.683. The first-order valence-electron chi connectivity index (χ1n) is 11.6. The minimum atomic E-state index is -5.08. The standard InChI is InChI=1S/C22H27N3O3S.C2HF3O2/c1-28-17-11-9-15(10-12-17)18-14-29-22(23-18)24-20(26)19-8-4-5-13-25(19)21(27)16-6-2-3-7-16;3-2(4,5)1(6)7/h9-12,14,16,19H,2-8,13H2,1H3,(H,23,24,26);(H,6,7)/t19-;/m1./s1. The highest BCUT2D eigenvalue weighted by Gasteiger charge is 2.38. The summed E-state index contributed by atoms with van der Waals surface area (Å²) >= 11 is 1.40. The highest BCUT2D eigenvalue weighted by Crippen LogP contribution is 2.31. The zero-order valence-electron chi connectivity index (χ0n) is 19.7. The van der Waals surface area contributed by atoms with Gasteiger partial charge in [-0.15, -0.1) is 11.3 Å². The molecule has 4 rings (SSSR count). The molecule has 2 aliphatic rings. The van der Waals surface area contributed by atoms with Gasteiger partial charge >= 0.3 is 12.1 Å². The van der Waals surface area contributed by atoms with Gasteiger partial charge in [-0.25, -0.2) is 9.78 Å². The predicted octanol–water partition coefficient (Wildman–Crippen LogP) is 4.96. The number of hydrogen-bond acceptors (Lipinski definition) is 6. The van der Waals surface area contributed by atoms with Gasteiger partial charge in [-0.05, 0) is 56.4 Å². The number of nitrogens with one attached hydrogen (secondary N) is 1. The number of amides is 2. The molecular formula is C24H28F3N3O5S. The maximum absolute atomic E-state index is 13.0. The second-order valence-corrected chi connectivity index (χ2v) is 9.44. The van der Waals surface area contributed by atoms with Crippen molar-refractivity contribution in [1.29, 1.82) is 0 Å². The van der Waals surface area contributed by atoms with E-state index in [4.69, 9.17) is 14.6 Å². The van der Waals surface area contributed by atoms with Crippen LogP contribution in [0.2, 0.25) is 0 Å². The summed E-state index contributed by atoms with van der Waals surface area (Å²) in [7, 11) is 1.64. The van der Waals surface area contributed by atoms with E-state index in [1.54, 1.807) is 7.11 Å². The third kappa shape index (κ3) is 7.19. The molecule has 0 radical (unpaired) electrons. The predicted molar refractivity (Wildman–Crippen MR) is 128 cm³/mol. The summed E-state index contributed by atoms with van der Waals surface area (Å²) in [5.74, 6) is -1.81. The Hall–Kier alpha value is -3.15. The van der Waals surface area contributed by atoms with Gasteiger partial charge in [0.15, 0.2) is 5.13 Å². The Balaban J connectivity index is 0.000000454. The van der Waals surface area contributed by atoms with E-state index < -0.39 is 12.1 Å². The lowest BCUT2D eigenvalue weighted by Gasteiger charge is -2.36. The van der Waals surface area contributed by atoms with Gasteiger partial charge in [0.05, 0.1) is 12.8 Å². The molecular weight excluding hydrogens is 499 g/mol. The highest BCUT2D eigenvalue weighted by atomic mass is 32.1. The van der Waals surface area contributed by atoms with Crippen molar-refractivity contribution in [3.05, 3.63) is 29.6 Å². The molecule has 8 nitrogen and oxygen atoms in total. The molecule has 1 saturated carbocycles. The van der Waals surface area contributed by atoms with Crippen molar-refractivity contribution in [2.45, 2.75) is 57.2 Å². The second-order valence-electron chi connectivity index (χ2n) is 8.58. The lowest BCUT2D eigenvalue weighted by atomic mass is 9.97. The summed E-state index contributed by atoms with van der Waals surface area (Å²) in [5.41, 5.74) is 1.79. The zero-order chi connectivity index (χ0) is 26.3. The van der Waals surface area contributed by atoms with E-state index >= 15 is 0 Å². The number of hydrogen-bond donors (Lipinski definition) is 2. The van der Waals surface area contributed by atoms with E-state index in [9.17, 15) is 22.8 Å². The van der Waals surface area contributed by atoms with Crippen LogP contribution in [0.4, 0.5) is 18.3 Å². The second kappa shape index (κ2) is 12.2. The zero-order valence-corrected chi connectivity index (χ0v) is 20.5. The van der Waals surface area contributed by atoms with Crippen LogP contribution in [0.15, 0.2) is 29.6 Å². The van der Waals surface area contributed by atoms with Gasteiger partial charge in [-0.1, -0.05) is 12.8 Å². The normalized spacial score (nSPS) is 18.2. The number of methoxy groups -OCH3 is 1. The van der Waals surface area contributed by atoms with E-state index in [0.29, 0.717) is 11.7 Å². The first-order valence-corrected chi connectivity index (χ1v) is 12.5. The van der Waals surface area contributed by atoms with Gasteiger partial charge in [0, 0.05) is 23.4 Å². The monoisotopic (exact) mass is 527 g/mol. The van der Waals surface area contributed by atoms with Gasteiger partial charge < -0.3 is 20.1 Å². The molecule has 0 bridgehead atoms. The summed E-state index contributed by atoms with van der Waals surface area (Å²) in [6.07, 6.45) is 1.75. The number of benzene rings is 1. The Morgan fingerprint density at radius 1 is 1.08 bits per heavy atom. The average Bonchev–Trinajstić information content (AvgIpc) is 3.56. The Kier molecular flexibility index (Phi) is 9.30. The first kappa shape index (κ1) is 27.4. The Bertz CT molecular complexity index is 1050. The molecule has 0 unspecified atom stereocenters. The number of aromatic nitrogens is 1. The van der Waals surface area contributed by atoms with Crippen LogP contribution >= 0.6 is 11.3 Å². The molecule has 1 aliphatic heterocycles. The molecule has 2 amide bonds. The van der Waals surface area contributed by atoms with Crippen molar-refractivity contribution in [2.24, 2.45) is 5.92 Å². The van der Waals surface area contributed by atoms with E-state index in [1.165, 1.54) is 11.3 Å². The van der Waals surface area contributed by atoms with Crippen LogP contribution in [0.25, 0.3) is 11.3 Å². The average molecular weight is 528 g/mol. The third-order valence-corrected chi connectivity index (χ3v) is 6.91. The van der Waals surface area contributed by atoms with Crippen molar-refractivity contribution >= 4 is 34.3 Å². The fraction of sp³-hybridized carbons (Fsp3) is 0.500. The van der Waals surface area contributed by atoms with E-state index in [-0.39, 0.29) is 23.8 Å². The van der Waals surface area contributed by atoms with Crippen molar-refractivity contribution in [3.8, 4) is 17.0 Å². The number of piperidine rings is 1. The van der Waals surface area contributed by atoms with Crippen LogP contribution in [0.1, 0.15) is 44.9 Å². The molecule has 2 heterocycles. The molecule has 36 heavy (non-hydrogen) atoms. The SMILES string of the molecule is COc1ccc(-c2csc(NC(=O)[C@H]3CCCCN3C(=O)C3CCCC3)n2)cc1.O=C(O)C(F)(F)F. The minimum Gasteiger partial charge on any atom is -0.497 e. The highest BCUT2D eigenvalue weighted by molar-refractivity contribution is 7.14. The van der Waals surface area contributed by atoms with E-state index in [1.807, 2.05) is 34.5 Å². The number of nitrogens with zero attached hydrogens (tertiary/aromatic N) is 2. The maximum Gasteiger partial charge on any atom is 0.490 e. The molecule has 2 N–H and O–H groups in total. The number of carbonyl (C=O) groups is 3. The van der Waals surface area contributed by atoms with Crippen LogP contribution < -0.4 is 10.1 Å². The number of carboxylic acids is 1. The summed E-state index contributed by atoms with van der Waals surface area (Å²) in [5, 5.41) is 12.6. The van der Waals surface area contributed by atoms with Crippen LogP contribution in [-0.4, -0.2) is 58.6 Å². The van der Waals surface area contributed by atoms with Gasteiger partial charge in [0.2, 0.25) is 11.8 Å². The van der Waals surface area contributed by atoms with Crippen molar-refractivity contribution in [3.63, 3.8) is 0 Å². The van der Waals surface area contributed by atoms with Crippen LogP contribution in [-0.2, 0) is 14.4 Å². The van der Waals surface area contributed by atoms with Crippen LogP contribution in [0.5, 0.6) is 5.75 Å². The lowest BCUT2D eigenvalue weighted by molar-refractivity contribution is -0.192. The third-order valence-electron chi connectivity index (χ3n) is 6.16. The van der Waals surface area contributed by atoms with Crippen LogP contribution in [0, 0.1) is 5.92 Å². The van der Waals surface area contributed by atoms with E-state index in [0.717, 1.165) is 62.0 Å². The molecule has 2 aromatic rings. The van der Waals surface area contributed by atoms with E-state index in [2.05, 4.69) is 10.3 Å². The maximum atomic E-state index is 13.0. The fourth-order valence-electron chi connectivity index (χ4n) is 4.29. The molecule has 1 atom stereocenters. The number of thiazole rings is 1. The van der Waals surface area contributed by atoms with Gasteiger partial charge in [-0.3, -0.25) is 9.59 Å². The quantitative estimate of drug-likeness (QED) is 0.569. The number of aliphatic carboxylic acids is 1. The minimum absolute atomic E-state index is 0.102. The van der Waals surface area contributed by atoms with Gasteiger partial charge in [0.25, 0.3) is 0 Å². The molecule has 12 heteroatoms. The number of anilines is 1. The summed E-state index contributed by atoms with van der Waals surface area (Å²) in [6, 6.07) is 7.29. The Labute approximate surface area is 210 Å². The number of halogens is 3. The molecule has 1 aliphatic carbocycles. The lowest BCUT2D eigenvalue weighted by Crippen LogP contribution is -2.51. The molecule has 1 aromatic carbocycles. The molecule has 1 aromatic heterocycles. The first-order chi connectivity index (χ1) is 17.1. The number of likely N-dealkylation sites (tertiary alicyclic amines) is 1. The van der Waals surface area contributed by atoms with Gasteiger partial charge in [-0.2, -0.15) is 13.2 Å². The molecule has 196 valence electrons. The molecule has 0 spiro atoms. The Morgan fingerprint density at radius 3 is 2.28 bits per heavy atom.